The zero-order chi connectivity index (χ0) is 10.6. The monoisotopic (exact) mass is 208 g/mol. The highest BCUT2D eigenvalue weighted by Crippen LogP contribution is 2.25. The van der Waals surface area contributed by atoms with Gasteiger partial charge < -0.3 is 9.47 Å². The Bertz CT molecular complexity index is 202. The van der Waals surface area contributed by atoms with Crippen molar-refractivity contribution in [2.24, 2.45) is 0 Å². The lowest BCUT2D eigenvalue weighted by atomic mass is 9.96. The third kappa shape index (κ3) is 2.90. The maximum absolute atomic E-state index is 12.9. The highest BCUT2D eigenvalue weighted by atomic mass is 19.3. The Kier molecular flexibility index (Phi) is 3.80. The number of carbonyl (C=O) groups is 1. The molecule has 3 nitrogen and oxygen atoms in total. The van der Waals surface area contributed by atoms with Crippen LogP contribution in [0.5, 0.6) is 0 Å². The van der Waals surface area contributed by atoms with Gasteiger partial charge in [-0.2, -0.15) is 8.78 Å². The number of ether oxygens (including phenoxy) is 2. The van der Waals surface area contributed by atoms with Gasteiger partial charge in [0.15, 0.2) is 0 Å². The normalized spacial score (nSPS) is 17.6. The highest BCUT2D eigenvalue weighted by Gasteiger charge is 2.42. The standard InChI is InChI=1S/C9H14F2O3/c1-2-13-8(12)9(10,11)6-14-7-4-3-5-7/h7H,2-6H2,1H3. The van der Waals surface area contributed by atoms with E-state index in [1.165, 1.54) is 6.92 Å². The van der Waals surface area contributed by atoms with Crippen molar-refractivity contribution in [1.29, 1.82) is 0 Å². The SMILES string of the molecule is CCOC(=O)C(F)(F)COC1CCC1. The summed E-state index contributed by atoms with van der Waals surface area (Å²) >= 11 is 0. The predicted octanol–water partition coefficient (Wildman–Crippen LogP) is 1.75. The molecule has 1 aliphatic rings. The zero-order valence-electron chi connectivity index (χ0n) is 8.09. The van der Waals surface area contributed by atoms with Crippen LogP contribution in [0.15, 0.2) is 0 Å². The number of alkyl halides is 2. The lowest BCUT2D eigenvalue weighted by Crippen LogP contribution is -2.38. The number of carbonyl (C=O) groups excluding carboxylic acids is 1. The molecule has 0 aromatic carbocycles. The highest BCUT2D eigenvalue weighted by molar-refractivity contribution is 5.77. The molecule has 82 valence electrons. The van der Waals surface area contributed by atoms with E-state index in [0.717, 1.165) is 19.3 Å². The van der Waals surface area contributed by atoms with Gasteiger partial charge in [-0.05, 0) is 26.2 Å². The summed E-state index contributed by atoms with van der Waals surface area (Å²) < 4.78 is 34.9. The maximum atomic E-state index is 12.9. The first-order valence-corrected chi connectivity index (χ1v) is 4.73. The molecule has 0 aliphatic heterocycles. The van der Waals surface area contributed by atoms with E-state index in [0.29, 0.717) is 0 Å². The van der Waals surface area contributed by atoms with Crippen LogP contribution < -0.4 is 0 Å². The molecular weight excluding hydrogens is 194 g/mol. The summed E-state index contributed by atoms with van der Waals surface area (Å²) in [4.78, 5) is 10.7. The summed E-state index contributed by atoms with van der Waals surface area (Å²) in [5.74, 6) is -5.01. The molecule has 0 N–H and O–H groups in total. The van der Waals surface area contributed by atoms with Gasteiger partial charge in [-0.3, -0.25) is 0 Å². The van der Waals surface area contributed by atoms with Gasteiger partial charge in [0.2, 0.25) is 0 Å². The molecule has 0 amide bonds. The molecule has 0 aromatic heterocycles. The molecule has 5 heteroatoms. The van der Waals surface area contributed by atoms with Gasteiger partial charge in [0.25, 0.3) is 0 Å². The minimum Gasteiger partial charge on any atom is -0.461 e. The van der Waals surface area contributed by atoms with Crippen LogP contribution in [0.3, 0.4) is 0 Å². The Morgan fingerprint density at radius 1 is 1.50 bits per heavy atom. The first-order valence-electron chi connectivity index (χ1n) is 4.73. The molecule has 0 aromatic rings. The average molecular weight is 208 g/mol. The second kappa shape index (κ2) is 4.68. The molecule has 0 heterocycles. The Morgan fingerprint density at radius 3 is 2.57 bits per heavy atom. The third-order valence-electron chi connectivity index (χ3n) is 2.13. The van der Waals surface area contributed by atoms with Crippen LogP contribution in [0.1, 0.15) is 26.2 Å². The molecule has 1 rings (SSSR count). The Hall–Kier alpha value is -0.710. The quantitative estimate of drug-likeness (QED) is 0.646. The van der Waals surface area contributed by atoms with Crippen LogP contribution in [0.25, 0.3) is 0 Å². The summed E-state index contributed by atoms with van der Waals surface area (Å²) in [5, 5.41) is 0. The van der Waals surface area contributed by atoms with E-state index < -0.39 is 18.5 Å². The molecule has 1 aliphatic carbocycles. The van der Waals surface area contributed by atoms with Crippen molar-refractivity contribution in [2.75, 3.05) is 13.2 Å². The fourth-order valence-corrected chi connectivity index (χ4v) is 1.06. The third-order valence-corrected chi connectivity index (χ3v) is 2.13. The molecule has 1 saturated carbocycles. The summed E-state index contributed by atoms with van der Waals surface area (Å²) in [7, 11) is 0. The summed E-state index contributed by atoms with van der Waals surface area (Å²) in [6.07, 6.45) is 2.52. The second-order valence-corrected chi connectivity index (χ2v) is 3.29. The van der Waals surface area contributed by atoms with E-state index in [-0.39, 0.29) is 12.7 Å². The Morgan fingerprint density at radius 2 is 2.14 bits per heavy atom. The Balaban J connectivity index is 2.27. The van der Waals surface area contributed by atoms with Gasteiger partial charge in [0.1, 0.15) is 6.61 Å². The largest absolute Gasteiger partial charge is 0.461 e. The smallest absolute Gasteiger partial charge is 0.379 e. The molecule has 0 atom stereocenters. The van der Waals surface area contributed by atoms with Crippen molar-refractivity contribution in [3.05, 3.63) is 0 Å². The maximum Gasteiger partial charge on any atom is 0.379 e. The molecule has 0 unspecified atom stereocenters. The van der Waals surface area contributed by atoms with Crippen LogP contribution >= 0.6 is 0 Å². The van der Waals surface area contributed by atoms with Crippen LogP contribution in [0.2, 0.25) is 0 Å². The number of hydrogen-bond donors (Lipinski definition) is 0. The Labute approximate surface area is 81.4 Å². The molecular formula is C9H14F2O3. The lowest BCUT2D eigenvalue weighted by Gasteiger charge is -2.27. The van der Waals surface area contributed by atoms with Gasteiger partial charge in [-0.1, -0.05) is 0 Å². The van der Waals surface area contributed by atoms with Gasteiger partial charge in [-0.15, -0.1) is 0 Å². The molecule has 0 radical (unpaired) electrons. The van der Waals surface area contributed by atoms with E-state index in [1.807, 2.05) is 0 Å². The molecule has 1 fully saturated rings. The van der Waals surface area contributed by atoms with Crippen LogP contribution in [0, 0.1) is 0 Å². The molecule has 14 heavy (non-hydrogen) atoms. The van der Waals surface area contributed by atoms with Crippen molar-refractivity contribution >= 4 is 5.97 Å². The van der Waals surface area contributed by atoms with Crippen molar-refractivity contribution in [2.45, 2.75) is 38.2 Å². The fraction of sp³-hybridized carbons (Fsp3) is 0.889. The van der Waals surface area contributed by atoms with Crippen LogP contribution in [0.4, 0.5) is 8.78 Å². The topological polar surface area (TPSA) is 35.5 Å². The number of esters is 1. The minimum atomic E-state index is -3.51. The van der Waals surface area contributed by atoms with Crippen LogP contribution in [-0.2, 0) is 14.3 Å². The van der Waals surface area contributed by atoms with Gasteiger partial charge >= 0.3 is 11.9 Å². The van der Waals surface area contributed by atoms with E-state index >= 15 is 0 Å². The zero-order valence-corrected chi connectivity index (χ0v) is 8.09. The van der Waals surface area contributed by atoms with E-state index in [4.69, 9.17) is 4.74 Å². The van der Waals surface area contributed by atoms with Crippen molar-refractivity contribution in [3.8, 4) is 0 Å². The summed E-state index contributed by atoms with van der Waals surface area (Å²) in [6.45, 7) is 0.578. The van der Waals surface area contributed by atoms with E-state index in [2.05, 4.69) is 4.74 Å². The lowest BCUT2D eigenvalue weighted by molar-refractivity contribution is -0.185. The van der Waals surface area contributed by atoms with E-state index in [1.54, 1.807) is 0 Å². The molecule has 0 saturated heterocycles. The molecule has 0 spiro atoms. The van der Waals surface area contributed by atoms with Crippen molar-refractivity contribution in [1.82, 2.24) is 0 Å². The average Bonchev–Trinajstić information content (AvgIpc) is 2.01. The number of hydrogen-bond acceptors (Lipinski definition) is 3. The summed E-state index contributed by atoms with van der Waals surface area (Å²) in [5.41, 5.74) is 0. The van der Waals surface area contributed by atoms with E-state index in [9.17, 15) is 13.6 Å². The van der Waals surface area contributed by atoms with Crippen LogP contribution in [-0.4, -0.2) is 31.2 Å². The van der Waals surface area contributed by atoms with Crippen molar-refractivity contribution < 1.29 is 23.0 Å². The minimum absolute atomic E-state index is 0.0438. The number of rotatable bonds is 5. The predicted molar refractivity (Wildman–Crippen MR) is 45.2 cm³/mol. The first kappa shape index (κ1) is 11.4. The fourth-order valence-electron chi connectivity index (χ4n) is 1.06. The van der Waals surface area contributed by atoms with Crippen molar-refractivity contribution in [3.63, 3.8) is 0 Å². The van der Waals surface area contributed by atoms with Gasteiger partial charge in [0, 0.05) is 0 Å². The summed E-state index contributed by atoms with van der Waals surface area (Å²) in [6, 6.07) is 0. The second-order valence-electron chi connectivity index (χ2n) is 3.29. The first-order chi connectivity index (χ1) is 6.56. The van der Waals surface area contributed by atoms with Gasteiger partial charge in [-0.25, -0.2) is 4.79 Å². The molecule has 0 bridgehead atoms. The van der Waals surface area contributed by atoms with Gasteiger partial charge in [0.05, 0.1) is 12.7 Å². The number of halogens is 2.